The van der Waals surface area contributed by atoms with E-state index in [2.05, 4.69) is 19.2 Å². The molecule has 0 aromatic heterocycles. The number of hydrogen-bond acceptors (Lipinski definition) is 2. The monoisotopic (exact) mass is 169 g/mol. The van der Waals surface area contributed by atoms with Crippen molar-refractivity contribution in [2.45, 2.75) is 51.3 Å². The van der Waals surface area contributed by atoms with Gasteiger partial charge in [-0.1, -0.05) is 12.8 Å². The quantitative estimate of drug-likeness (QED) is 0.647. The van der Waals surface area contributed by atoms with E-state index < -0.39 is 0 Å². The molecular formula is C10H19NO. The Bertz CT molecular complexity index is 161. The lowest BCUT2D eigenvalue weighted by Gasteiger charge is -2.21. The van der Waals surface area contributed by atoms with Crippen molar-refractivity contribution >= 4 is 0 Å². The van der Waals surface area contributed by atoms with Crippen LogP contribution in [-0.4, -0.2) is 18.4 Å². The molecule has 0 spiro atoms. The summed E-state index contributed by atoms with van der Waals surface area (Å²) in [6.45, 7) is 5.29. The van der Waals surface area contributed by atoms with Gasteiger partial charge in [-0.05, 0) is 32.6 Å². The minimum atomic E-state index is 0.202. The second-order valence-corrected chi connectivity index (χ2v) is 4.80. The SMILES string of the molecule is CC1(C)COC(C2CCCC2)N1. The second-order valence-electron chi connectivity index (χ2n) is 4.80. The Kier molecular flexibility index (Phi) is 2.13. The molecule has 1 N–H and O–H groups in total. The zero-order valence-electron chi connectivity index (χ0n) is 8.10. The van der Waals surface area contributed by atoms with Gasteiger partial charge in [-0.25, -0.2) is 0 Å². The maximum absolute atomic E-state index is 5.74. The maximum Gasteiger partial charge on any atom is 0.111 e. The first-order chi connectivity index (χ1) is 5.67. The number of ether oxygens (including phenoxy) is 1. The summed E-state index contributed by atoms with van der Waals surface area (Å²) in [5.74, 6) is 0.784. The second kappa shape index (κ2) is 3.00. The van der Waals surface area contributed by atoms with Crippen LogP contribution in [0.2, 0.25) is 0 Å². The van der Waals surface area contributed by atoms with Crippen LogP contribution in [0.4, 0.5) is 0 Å². The Balaban J connectivity index is 1.90. The van der Waals surface area contributed by atoms with Crippen LogP contribution in [0.15, 0.2) is 0 Å². The van der Waals surface area contributed by atoms with Gasteiger partial charge in [-0.15, -0.1) is 0 Å². The van der Waals surface area contributed by atoms with Gasteiger partial charge in [0.05, 0.1) is 6.61 Å². The fourth-order valence-electron chi connectivity index (χ4n) is 2.28. The number of hydrogen-bond donors (Lipinski definition) is 1. The summed E-state index contributed by atoms with van der Waals surface area (Å²) in [5.41, 5.74) is 0.202. The van der Waals surface area contributed by atoms with Crippen LogP contribution in [0, 0.1) is 5.92 Å². The minimum Gasteiger partial charge on any atom is -0.361 e. The van der Waals surface area contributed by atoms with E-state index in [1.54, 1.807) is 0 Å². The van der Waals surface area contributed by atoms with E-state index in [-0.39, 0.29) is 5.54 Å². The van der Waals surface area contributed by atoms with E-state index in [9.17, 15) is 0 Å². The summed E-state index contributed by atoms with van der Waals surface area (Å²) in [4.78, 5) is 0. The van der Waals surface area contributed by atoms with Crippen molar-refractivity contribution in [3.63, 3.8) is 0 Å². The van der Waals surface area contributed by atoms with Crippen LogP contribution in [0.25, 0.3) is 0 Å². The summed E-state index contributed by atoms with van der Waals surface area (Å²) in [6.07, 6.45) is 5.85. The van der Waals surface area contributed by atoms with Crippen LogP contribution in [0.5, 0.6) is 0 Å². The summed E-state index contributed by atoms with van der Waals surface area (Å²) in [6, 6.07) is 0. The average molecular weight is 169 g/mol. The maximum atomic E-state index is 5.74. The molecule has 0 amide bonds. The molecule has 70 valence electrons. The molecule has 1 aliphatic carbocycles. The summed E-state index contributed by atoms with van der Waals surface area (Å²) in [5, 5.41) is 3.55. The molecule has 2 rings (SSSR count). The van der Waals surface area contributed by atoms with Crippen molar-refractivity contribution in [2.75, 3.05) is 6.61 Å². The molecule has 2 heteroatoms. The predicted molar refractivity (Wildman–Crippen MR) is 48.9 cm³/mol. The third-order valence-corrected chi connectivity index (χ3v) is 2.98. The van der Waals surface area contributed by atoms with Crippen molar-refractivity contribution in [2.24, 2.45) is 5.92 Å². The molecular weight excluding hydrogens is 150 g/mol. The predicted octanol–water partition coefficient (Wildman–Crippen LogP) is 1.90. The lowest BCUT2D eigenvalue weighted by atomic mass is 10.0. The molecule has 0 bridgehead atoms. The summed E-state index contributed by atoms with van der Waals surface area (Å²) in [7, 11) is 0. The number of nitrogens with one attached hydrogen (secondary N) is 1. The van der Waals surface area contributed by atoms with Crippen molar-refractivity contribution < 1.29 is 4.74 Å². The van der Waals surface area contributed by atoms with Gasteiger partial charge in [-0.2, -0.15) is 0 Å². The Morgan fingerprint density at radius 2 is 1.92 bits per heavy atom. The van der Waals surface area contributed by atoms with Gasteiger partial charge in [0.2, 0.25) is 0 Å². The molecule has 1 saturated heterocycles. The van der Waals surface area contributed by atoms with Crippen molar-refractivity contribution in [1.82, 2.24) is 5.32 Å². The Morgan fingerprint density at radius 3 is 2.42 bits per heavy atom. The molecule has 1 unspecified atom stereocenters. The molecule has 12 heavy (non-hydrogen) atoms. The lowest BCUT2D eigenvalue weighted by Crippen LogP contribution is -2.41. The van der Waals surface area contributed by atoms with E-state index in [4.69, 9.17) is 4.74 Å². The number of rotatable bonds is 1. The average Bonchev–Trinajstić information content (AvgIpc) is 2.55. The van der Waals surface area contributed by atoms with E-state index >= 15 is 0 Å². The zero-order valence-corrected chi connectivity index (χ0v) is 8.10. The highest BCUT2D eigenvalue weighted by Crippen LogP contribution is 2.31. The molecule has 0 aromatic carbocycles. The molecule has 2 fully saturated rings. The molecule has 1 atom stereocenters. The van der Waals surface area contributed by atoms with Crippen molar-refractivity contribution in [3.05, 3.63) is 0 Å². The standard InChI is InChI=1S/C10H19NO/c1-10(2)7-12-9(11-10)8-5-3-4-6-8/h8-9,11H,3-7H2,1-2H3. The molecule has 0 aromatic rings. The third-order valence-electron chi connectivity index (χ3n) is 2.98. The largest absolute Gasteiger partial charge is 0.361 e. The Hall–Kier alpha value is -0.0800. The van der Waals surface area contributed by atoms with Crippen molar-refractivity contribution in [1.29, 1.82) is 0 Å². The topological polar surface area (TPSA) is 21.3 Å². The van der Waals surface area contributed by atoms with E-state index in [1.807, 2.05) is 0 Å². The van der Waals surface area contributed by atoms with Crippen LogP contribution in [0.1, 0.15) is 39.5 Å². The van der Waals surface area contributed by atoms with Gasteiger partial charge in [0.25, 0.3) is 0 Å². The van der Waals surface area contributed by atoms with Gasteiger partial charge in [0.15, 0.2) is 0 Å². The first-order valence-electron chi connectivity index (χ1n) is 5.07. The minimum absolute atomic E-state index is 0.202. The van der Waals surface area contributed by atoms with E-state index in [0.717, 1.165) is 12.5 Å². The molecule has 2 nitrogen and oxygen atoms in total. The van der Waals surface area contributed by atoms with Crippen LogP contribution < -0.4 is 5.32 Å². The molecule has 0 radical (unpaired) electrons. The fourth-order valence-corrected chi connectivity index (χ4v) is 2.28. The summed E-state index contributed by atoms with van der Waals surface area (Å²) < 4.78 is 5.74. The van der Waals surface area contributed by atoms with E-state index in [1.165, 1.54) is 25.7 Å². The van der Waals surface area contributed by atoms with Gasteiger partial charge < -0.3 is 4.74 Å². The molecule has 1 aliphatic heterocycles. The van der Waals surface area contributed by atoms with Crippen LogP contribution in [0.3, 0.4) is 0 Å². The fraction of sp³-hybridized carbons (Fsp3) is 1.00. The normalized spacial score (nSPS) is 36.0. The van der Waals surface area contributed by atoms with Gasteiger partial charge >= 0.3 is 0 Å². The highest BCUT2D eigenvalue weighted by molar-refractivity contribution is 4.88. The summed E-state index contributed by atoms with van der Waals surface area (Å²) >= 11 is 0. The van der Waals surface area contributed by atoms with Crippen LogP contribution >= 0.6 is 0 Å². The van der Waals surface area contributed by atoms with E-state index in [0.29, 0.717) is 6.23 Å². The zero-order chi connectivity index (χ0) is 8.60. The smallest absolute Gasteiger partial charge is 0.111 e. The molecule has 1 saturated carbocycles. The molecule has 1 heterocycles. The lowest BCUT2D eigenvalue weighted by molar-refractivity contribution is 0.0533. The first kappa shape index (κ1) is 8.52. The highest BCUT2D eigenvalue weighted by Gasteiger charge is 2.36. The molecule has 2 aliphatic rings. The van der Waals surface area contributed by atoms with Crippen molar-refractivity contribution in [3.8, 4) is 0 Å². The van der Waals surface area contributed by atoms with Crippen LogP contribution in [-0.2, 0) is 4.74 Å². The van der Waals surface area contributed by atoms with Gasteiger partial charge in [-0.3, -0.25) is 5.32 Å². The first-order valence-corrected chi connectivity index (χ1v) is 5.07. The third kappa shape index (κ3) is 1.64. The van der Waals surface area contributed by atoms with Gasteiger partial charge in [0.1, 0.15) is 6.23 Å². The Morgan fingerprint density at radius 1 is 1.25 bits per heavy atom. The highest BCUT2D eigenvalue weighted by atomic mass is 16.5. The Labute approximate surface area is 74.7 Å². The van der Waals surface area contributed by atoms with Gasteiger partial charge in [0, 0.05) is 5.54 Å².